The lowest BCUT2D eigenvalue weighted by Gasteiger charge is -2.12. The van der Waals surface area contributed by atoms with E-state index in [1.165, 1.54) is 11.8 Å². The number of carbonyl (C=O) groups is 1. The molecule has 0 aliphatic rings. The van der Waals surface area contributed by atoms with Crippen molar-refractivity contribution in [1.29, 1.82) is 0 Å². The van der Waals surface area contributed by atoms with Crippen molar-refractivity contribution >= 4 is 35.0 Å². The van der Waals surface area contributed by atoms with Crippen molar-refractivity contribution in [3.8, 4) is 22.8 Å². The minimum Gasteiger partial charge on any atom is -0.494 e. The van der Waals surface area contributed by atoms with Gasteiger partial charge in [0.2, 0.25) is 5.91 Å². The van der Waals surface area contributed by atoms with Gasteiger partial charge in [0.05, 0.1) is 18.0 Å². The van der Waals surface area contributed by atoms with Gasteiger partial charge in [0.1, 0.15) is 5.75 Å². The number of hydrogen-bond donors (Lipinski definition) is 1. The zero-order valence-electron chi connectivity index (χ0n) is 18.2. The highest BCUT2D eigenvalue weighted by Gasteiger charge is 2.18. The lowest BCUT2D eigenvalue weighted by molar-refractivity contribution is -0.113. The first-order chi connectivity index (χ1) is 16.0. The van der Waals surface area contributed by atoms with Gasteiger partial charge in [0.15, 0.2) is 16.1 Å². The van der Waals surface area contributed by atoms with Gasteiger partial charge >= 0.3 is 0 Å². The van der Waals surface area contributed by atoms with Crippen LogP contribution in [-0.2, 0) is 4.79 Å². The van der Waals surface area contributed by atoms with Crippen LogP contribution in [0.3, 0.4) is 0 Å². The van der Waals surface area contributed by atoms with Crippen LogP contribution in [0.2, 0.25) is 5.15 Å². The summed E-state index contributed by atoms with van der Waals surface area (Å²) in [5.74, 6) is 1.40. The minimum absolute atomic E-state index is 0.133. The molecule has 2 heterocycles. The number of pyridine rings is 1. The van der Waals surface area contributed by atoms with E-state index in [9.17, 15) is 4.79 Å². The van der Waals surface area contributed by atoms with Crippen molar-refractivity contribution in [2.24, 2.45) is 0 Å². The van der Waals surface area contributed by atoms with E-state index >= 15 is 0 Å². The first-order valence-corrected chi connectivity index (χ1v) is 11.7. The Bertz CT molecular complexity index is 1260. The number of thioether (sulfide) groups is 1. The van der Waals surface area contributed by atoms with Crippen molar-refractivity contribution in [2.75, 3.05) is 17.7 Å². The molecular formula is C24H22ClN5O2S. The monoisotopic (exact) mass is 479 g/mol. The molecule has 2 aromatic carbocycles. The van der Waals surface area contributed by atoms with E-state index in [1.54, 1.807) is 18.3 Å². The number of carbonyl (C=O) groups excluding carboxylic acids is 1. The molecule has 0 radical (unpaired) electrons. The molecule has 0 bridgehead atoms. The van der Waals surface area contributed by atoms with E-state index in [-0.39, 0.29) is 16.8 Å². The first kappa shape index (κ1) is 22.8. The molecule has 0 unspecified atom stereocenters. The van der Waals surface area contributed by atoms with Crippen LogP contribution in [0.4, 0.5) is 5.69 Å². The standard InChI is InChI=1S/C24H22ClN5O2S/c1-3-32-19-11-9-18(10-12-19)30-23(17-7-4-6-16(2)14-17)28-29-24(30)33-15-21(31)27-20-8-5-13-26-22(20)25/h4-14H,3,15H2,1-2H3,(H,27,31). The van der Waals surface area contributed by atoms with Crippen LogP contribution in [0.25, 0.3) is 17.1 Å². The van der Waals surface area contributed by atoms with Gasteiger partial charge in [-0.1, -0.05) is 47.1 Å². The Hall–Kier alpha value is -3.36. The Morgan fingerprint density at radius 3 is 2.67 bits per heavy atom. The van der Waals surface area contributed by atoms with Crippen LogP contribution in [0.5, 0.6) is 5.75 Å². The molecule has 1 N–H and O–H groups in total. The van der Waals surface area contributed by atoms with E-state index < -0.39 is 0 Å². The van der Waals surface area contributed by atoms with Crippen molar-refractivity contribution in [2.45, 2.75) is 19.0 Å². The van der Waals surface area contributed by atoms with E-state index in [4.69, 9.17) is 16.3 Å². The summed E-state index contributed by atoms with van der Waals surface area (Å²) in [4.78, 5) is 16.5. The summed E-state index contributed by atoms with van der Waals surface area (Å²) < 4.78 is 7.51. The molecule has 4 rings (SSSR count). The number of anilines is 1. The molecular weight excluding hydrogens is 458 g/mol. The zero-order chi connectivity index (χ0) is 23.2. The zero-order valence-corrected chi connectivity index (χ0v) is 19.7. The summed E-state index contributed by atoms with van der Waals surface area (Å²) in [5.41, 5.74) is 3.40. The number of amides is 1. The predicted molar refractivity (Wildman–Crippen MR) is 131 cm³/mol. The predicted octanol–water partition coefficient (Wildman–Crippen LogP) is 5.42. The highest BCUT2D eigenvalue weighted by Crippen LogP contribution is 2.29. The van der Waals surface area contributed by atoms with Crippen molar-refractivity contribution in [1.82, 2.24) is 19.7 Å². The summed E-state index contributed by atoms with van der Waals surface area (Å²) in [6, 6.07) is 19.2. The van der Waals surface area contributed by atoms with Gasteiger partial charge < -0.3 is 10.1 Å². The van der Waals surface area contributed by atoms with Crippen molar-refractivity contribution < 1.29 is 9.53 Å². The molecule has 0 saturated heterocycles. The first-order valence-electron chi connectivity index (χ1n) is 10.3. The van der Waals surface area contributed by atoms with Crippen LogP contribution in [0.15, 0.2) is 72.0 Å². The summed E-state index contributed by atoms with van der Waals surface area (Å²) in [5, 5.41) is 12.4. The summed E-state index contributed by atoms with van der Waals surface area (Å²) in [6.07, 6.45) is 1.57. The van der Waals surface area contributed by atoms with Gasteiger partial charge in [-0.15, -0.1) is 10.2 Å². The smallest absolute Gasteiger partial charge is 0.234 e. The summed E-state index contributed by atoms with van der Waals surface area (Å²) in [6.45, 7) is 4.57. The number of nitrogens with one attached hydrogen (secondary N) is 1. The van der Waals surface area contributed by atoms with E-state index in [2.05, 4.69) is 26.6 Å². The van der Waals surface area contributed by atoms with Gasteiger partial charge in [-0.25, -0.2) is 4.98 Å². The molecule has 1 amide bonds. The third-order valence-electron chi connectivity index (χ3n) is 4.68. The van der Waals surface area contributed by atoms with Gasteiger partial charge in [-0.3, -0.25) is 9.36 Å². The Morgan fingerprint density at radius 2 is 1.94 bits per heavy atom. The summed E-state index contributed by atoms with van der Waals surface area (Å²) >= 11 is 7.33. The quantitative estimate of drug-likeness (QED) is 0.268. The lowest BCUT2D eigenvalue weighted by atomic mass is 10.1. The highest BCUT2D eigenvalue weighted by molar-refractivity contribution is 7.99. The molecule has 0 spiro atoms. The number of nitrogens with zero attached hydrogens (tertiary/aromatic N) is 4. The normalized spacial score (nSPS) is 10.8. The Kier molecular flexibility index (Phi) is 7.26. The highest BCUT2D eigenvalue weighted by atomic mass is 35.5. The number of aryl methyl sites for hydroxylation is 1. The molecule has 168 valence electrons. The second-order valence-corrected chi connectivity index (χ2v) is 8.42. The molecule has 0 aliphatic carbocycles. The third kappa shape index (κ3) is 5.53. The number of ether oxygens (including phenoxy) is 1. The molecule has 2 aromatic heterocycles. The van der Waals surface area contributed by atoms with Crippen LogP contribution in [0, 0.1) is 6.92 Å². The van der Waals surface area contributed by atoms with Crippen LogP contribution >= 0.6 is 23.4 Å². The average molecular weight is 480 g/mol. The maximum atomic E-state index is 12.5. The van der Waals surface area contributed by atoms with Crippen molar-refractivity contribution in [3.63, 3.8) is 0 Å². The van der Waals surface area contributed by atoms with E-state index in [0.717, 1.165) is 22.6 Å². The second-order valence-electron chi connectivity index (χ2n) is 7.12. The Morgan fingerprint density at radius 1 is 1.12 bits per heavy atom. The van der Waals surface area contributed by atoms with E-state index in [0.29, 0.717) is 23.3 Å². The topological polar surface area (TPSA) is 81.9 Å². The lowest BCUT2D eigenvalue weighted by Crippen LogP contribution is -2.15. The second kappa shape index (κ2) is 10.5. The SMILES string of the molecule is CCOc1ccc(-n2c(SCC(=O)Nc3cccnc3Cl)nnc2-c2cccc(C)c2)cc1. The molecule has 0 fully saturated rings. The molecule has 4 aromatic rings. The molecule has 0 saturated carbocycles. The number of rotatable bonds is 8. The number of hydrogen-bond acceptors (Lipinski definition) is 6. The molecule has 0 atom stereocenters. The molecule has 33 heavy (non-hydrogen) atoms. The average Bonchev–Trinajstić information content (AvgIpc) is 3.24. The third-order valence-corrected chi connectivity index (χ3v) is 5.91. The van der Waals surface area contributed by atoms with Crippen LogP contribution in [-0.4, -0.2) is 38.0 Å². The van der Waals surface area contributed by atoms with Crippen LogP contribution < -0.4 is 10.1 Å². The number of halogens is 1. The van der Waals surface area contributed by atoms with Gasteiger partial charge in [0, 0.05) is 17.4 Å². The van der Waals surface area contributed by atoms with Gasteiger partial charge in [-0.05, 0) is 56.3 Å². The van der Waals surface area contributed by atoms with E-state index in [1.807, 2.05) is 60.9 Å². The largest absolute Gasteiger partial charge is 0.494 e. The fourth-order valence-corrected chi connectivity index (χ4v) is 4.14. The number of aromatic nitrogens is 4. The Balaban J connectivity index is 1.62. The fourth-order valence-electron chi connectivity index (χ4n) is 3.22. The Labute approximate surface area is 201 Å². The molecule has 7 nitrogen and oxygen atoms in total. The minimum atomic E-state index is -0.215. The van der Waals surface area contributed by atoms with Gasteiger partial charge in [0.25, 0.3) is 0 Å². The summed E-state index contributed by atoms with van der Waals surface area (Å²) in [7, 11) is 0. The maximum absolute atomic E-state index is 12.5. The number of benzene rings is 2. The van der Waals surface area contributed by atoms with Gasteiger partial charge in [-0.2, -0.15) is 0 Å². The van der Waals surface area contributed by atoms with Crippen molar-refractivity contribution in [3.05, 3.63) is 77.6 Å². The molecule has 0 aliphatic heterocycles. The fraction of sp³-hybridized carbons (Fsp3) is 0.167. The molecule has 9 heteroatoms. The maximum Gasteiger partial charge on any atom is 0.234 e. The van der Waals surface area contributed by atoms with Crippen LogP contribution in [0.1, 0.15) is 12.5 Å².